The number of ether oxygens (including phenoxy) is 3. The number of hydrogen-bond donors (Lipinski definition) is 0. The van der Waals surface area contributed by atoms with Crippen LogP contribution < -0.4 is 0 Å². The highest BCUT2D eigenvalue weighted by molar-refractivity contribution is 5.71. The van der Waals surface area contributed by atoms with Crippen molar-refractivity contribution in [1.82, 2.24) is 0 Å². The molecule has 79 heavy (non-hydrogen) atoms. The van der Waals surface area contributed by atoms with E-state index in [0.29, 0.717) is 19.3 Å². The molecule has 0 aliphatic heterocycles. The van der Waals surface area contributed by atoms with Gasteiger partial charge < -0.3 is 14.2 Å². The summed E-state index contributed by atoms with van der Waals surface area (Å²) in [7, 11) is 0. The number of carbonyl (C=O) groups is 3. The third-order valence-electron chi connectivity index (χ3n) is 13.6. The number of hydrogen-bond acceptors (Lipinski definition) is 6. The van der Waals surface area contributed by atoms with E-state index < -0.39 is 6.10 Å². The highest BCUT2D eigenvalue weighted by atomic mass is 16.6. The highest BCUT2D eigenvalue weighted by Crippen LogP contribution is 2.15. The average molecular weight is 1090 g/mol. The lowest BCUT2D eigenvalue weighted by molar-refractivity contribution is -0.167. The molecule has 0 aliphatic carbocycles. The van der Waals surface area contributed by atoms with Crippen LogP contribution in [0.15, 0.2) is 134 Å². The molecule has 0 aromatic carbocycles. The summed E-state index contributed by atoms with van der Waals surface area (Å²) in [6.45, 7) is 6.39. The van der Waals surface area contributed by atoms with Crippen LogP contribution in [0.4, 0.5) is 0 Å². The molecule has 0 amide bonds. The second-order valence-corrected chi connectivity index (χ2v) is 21.3. The summed E-state index contributed by atoms with van der Waals surface area (Å²) in [6.07, 6.45) is 93.0. The van der Waals surface area contributed by atoms with Crippen LogP contribution in [-0.4, -0.2) is 37.2 Å². The minimum atomic E-state index is -0.802. The van der Waals surface area contributed by atoms with Crippen molar-refractivity contribution in [1.29, 1.82) is 0 Å². The van der Waals surface area contributed by atoms with E-state index in [1.807, 2.05) is 0 Å². The lowest BCUT2D eigenvalue weighted by atomic mass is 10.1. The number of rotatable bonds is 58. The molecule has 0 N–H and O–H groups in total. The predicted molar refractivity (Wildman–Crippen MR) is 343 cm³/mol. The molecule has 448 valence electrons. The third-order valence-corrected chi connectivity index (χ3v) is 13.6. The summed E-state index contributed by atoms with van der Waals surface area (Å²) in [5, 5.41) is 0. The summed E-state index contributed by atoms with van der Waals surface area (Å²) in [5.74, 6) is -0.929. The highest BCUT2D eigenvalue weighted by Gasteiger charge is 2.19. The Balaban J connectivity index is 4.48. The lowest BCUT2D eigenvalue weighted by Gasteiger charge is -2.18. The number of carbonyl (C=O) groups excluding carboxylic acids is 3. The first-order chi connectivity index (χ1) is 39.0. The molecule has 0 aromatic heterocycles. The third kappa shape index (κ3) is 64.3. The second kappa shape index (κ2) is 66.1. The first-order valence-corrected chi connectivity index (χ1v) is 32.7. The Morgan fingerprint density at radius 2 is 0.494 bits per heavy atom. The maximum atomic E-state index is 12.9. The fraction of sp³-hybridized carbons (Fsp3) is 0.658. The topological polar surface area (TPSA) is 78.9 Å². The maximum Gasteiger partial charge on any atom is 0.306 e. The van der Waals surface area contributed by atoms with E-state index in [0.717, 1.165) is 154 Å². The van der Waals surface area contributed by atoms with Gasteiger partial charge in [0.15, 0.2) is 6.10 Å². The van der Waals surface area contributed by atoms with Gasteiger partial charge in [-0.2, -0.15) is 0 Å². The summed E-state index contributed by atoms with van der Waals surface area (Å²) in [5.41, 5.74) is 0. The Labute approximate surface area is 487 Å². The van der Waals surface area contributed by atoms with E-state index in [9.17, 15) is 14.4 Å². The number of unbranched alkanes of at least 4 members (excludes halogenated alkanes) is 25. The zero-order valence-electron chi connectivity index (χ0n) is 51.3. The van der Waals surface area contributed by atoms with Crippen LogP contribution in [0.5, 0.6) is 0 Å². The quantitative estimate of drug-likeness (QED) is 0.0261. The monoisotopic (exact) mass is 1090 g/mol. The molecular formula is C73H120O6. The molecule has 0 bridgehead atoms. The van der Waals surface area contributed by atoms with Gasteiger partial charge in [0.1, 0.15) is 13.2 Å². The molecule has 0 radical (unpaired) electrons. The van der Waals surface area contributed by atoms with Crippen molar-refractivity contribution in [2.75, 3.05) is 13.2 Å². The predicted octanol–water partition coefficient (Wildman–Crippen LogP) is 22.5. The van der Waals surface area contributed by atoms with Crippen LogP contribution in [0.25, 0.3) is 0 Å². The molecule has 0 saturated carbocycles. The van der Waals surface area contributed by atoms with E-state index in [-0.39, 0.29) is 31.1 Å². The first kappa shape index (κ1) is 74.5. The van der Waals surface area contributed by atoms with Gasteiger partial charge >= 0.3 is 17.9 Å². The number of esters is 3. The fourth-order valence-corrected chi connectivity index (χ4v) is 8.79. The Kier molecular flexibility index (Phi) is 62.3. The van der Waals surface area contributed by atoms with E-state index >= 15 is 0 Å². The SMILES string of the molecule is CC/C=C\C/C=C\C/C=C\C/C=C\C/C=C\CCCCCCCC(=O)OCC(COC(=O)CCCCCCCC/C=C\C/C=C\C/C=C\C/C=C\CC)OC(=O)CCCCCCCCCCC/C=C\C/C=C\CCCCCCC. The van der Waals surface area contributed by atoms with Crippen molar-refractivity contribution in [3.63, 3.8) is 0 Å². The molecule has 6 heteroatoms. The summed E-state index contributed by atoms with van der Waals surface area (Å²) in [4.78, 5) is 38.4. The van der Waals surface area contributed by atoms with Crippen LogP contribution in [-0.2, 0) is 28.6 Å². The van der Waals surface area contributed by atoms with E-state index in [1.54, 1.807) is 0 Å². The average Bonchev–Trinajstić information content (AvgIpc) is 3.45. The molecule has 1 unspecified atom stereocenters. The van der Waals surface area contributed by atoms with Crippen molar-refractivity contribution >= 4 is 17.9 Å². The largest absolute Gasteiger partial charge is 0.462 e. The van der Waals surface area contributed by atoms with Gasteiger partial charge in [0, 0.05) is 19.3 Å². The molecule has 0 aromatic rings. The van der Waals surface area contributed by atoms with Crippen LogP contribution in [0, 0.1) is 0 Å². The van der Waals surface area contributed by atoms with Crippen LogP contribution in [0.2, 0.25) is 0 Å². The van der Waals surface area contributed by atoms with Crippen molar-refractivity contribution in [2.24, 2.45) is 0 Å². The smallest absolute Gasteiger partial charge is 0.306 e. The molecule has 6 nitrogen and oxygen atoms in total. The maximum absolute atomic E-state index is 12.9. The van der Waals surface area contributed by atoms with E-state index in [4.69, 9.17) is 14.2 Å². The van der Waals surface area contributed by atoms with Crippen LogP contribution in [0.3, 0.4) is 0 Å². The Morgan fingerprint density at radius 3 is 0.772 bits per heavy atom. The Bertz CT molecular complexity index is 1680. The zero-order chi connectivity index (χ0) is 57.1. The zero-order valence-corrected chi connectivity index (χ0v) is 51.3. The van der Waals surface area contributed by atoms with Gasteiger partial charge in [-0.3, -0.25) is 14.4 Å². The normalized spacial score (nSPS) is 13.0. The second-order valence-electron chi connectivity index (χ2n) is 21.3. The summed E-state index contributed by atoms with van der Waals surface area (Å²) in [6, 6.07) is 0. The molecule has 1 atom stereocenters. The van der Waals surface area contributed by atoms with Crippen LogP contribution >= 0.6 is 0 Å². The van der Waals surface area contributed by atoms with Gasteiger partial charge in [-0.1, -0.05) is 270 Å². The van der Waals surface area contributed by atoms with Gasteiger partial charge in [-0.15, -0.1) is 0 Å². The lowest BCUT2D eigenvalue weighted by Crippen LogP contribution is -2.30. The standard InChI is InChI=1S/C73H120O6/c1-4-7-10-13-16-19-22-25-28-31-34-36-39-42-45-48-51-54-57-60-63-66-72(75)78-69-70(68-77-71(74)65-62-59-56-53-50-47-44-41-38-33-30-27-24-21-18-15-12-9-6-3)79-73(76)67-64-61-58-55-52-49-46-43-40-37-35-32-29-26-23-20-17-14-11-8-5-2/h7,9-10,12,16,18-19,21,23,25-28,30,32,34-36,38,41-42,45,70H,4-6,8,11,13-15,17,20,22,24,29,31,33,37,39-40,43-44,46-69H2,1-3H3/b10-7-,12-9-,19-16-,21-18-,26-23-,28-25-,30-27-,35-32-,36-34-,41-38-,45-42-. The minimum Gasteiger partial charge on any atom is -0.462 e. The van der Waals surface area contributed by atoms with Gasteiger partial charge in [0.2, 0.25) is 0 Å². The van der Waals surface area contributed by atoms with Gasteiger partial charge in [0.05, 0.1) is 0 Å². The molecule has 0 aliphatic rings. The molecule has 0 heterocycles. The minimum absolute atomic E-state index is 0.0972. The van der Waals surface area contributed by atoms with Crippen LogP contribution in [0.1, 0.15) is 290 Å². The first-order valence-electron chi connectivity index (χ1n) is 32.7. The molecule has 0 fully saturated rings. The fourth-order valence-electron chi connectivity index (χ4n) is 8.79. The molecule has 0 saturated heterocycles. The van der Waals surface area contributed by atoms with Gasteiger partial charge in [-0.25, -0.2) is 0 Å². The van der Waals surface area contributed by atoms with E-state index in [1.165, 1.54) is 96.3 Å². The number of allylic oxidation sites excluding steroid dienone is 22. The van der Waals surface area contributed by atoms with Gasteiger partial charge in [0.25, 0.3) is 0 Å². The molecular weight excluding hydrogens is 973 g/mol. The summed E-state index contributed by atoms with van der Waals surface area (Å²) >= 11 is 0. The van der Waals surface area contributed by atoms with E-state index in [2.05, 4.69) is 154 Å². The van der Waals surface area contributed by atoms with Crippen molar-refractivity contribution in [3.05, 3.63) is 134 Å². The summed E-state index contributed by atoms with van der Waals surface area (Å²) < 4.78 is 16.9. The van der Waals surface area contributed by atoms with Gasteiger partial charge in [-0.05, 0) is 135 Å². The Hall–Kier alpha value is -4.45. The van der Waals surface area contributed by atoms with Crippen molar-refractivity contribution < 1.29 is 28.6 Å². The van der Waals surface area contributed by atoms with Crippen molar-refractivity contribution in [2.45, 2.75) is 297 Å². The Morgan fingerprint density at radius 1 is 0.266 bits per heavy atom. The molecule has 0 spiro atoms. The van der Waals surface area contributed by atoms with Crippen molar-refractivity contribution in [3.8, 4) is 0 Å². The molecule has 0 rings (SSSR count).